The smallest absolute Gasteiger partial charge is 0.325 e. The third-order valence-electron chi connectivity index (χ3n) is 2.06. The maximum Gasteiger partial charge on any atom is 0.325 e. The highest BCUT2D eigenvalue weighted by atomic mass is 32.1. The van der Waals surface area contributed by atoms with Gasteiger partial charge in [-0.2, -0.15) is 0 Å². The fourth-order valence-electron chi connectivity index (χ4n) is 1.23. The molecule has 0 aliphatic heterocycles. The van der Waals surface area contributed by atoms with Crippen LogP contribution in [0.3, 0.4) is 0 Å². The molecule has 0 fully saturated rings. The lowest BCUT2D eigenvalue weighted by molar-refractivity contribution is -0.137. The molecule has 0 atom stereocenters. The van der Waals surface area contributed by atoms with Crippen LogP contribution in [0, 0.1) is 0 Å². The third-order valence-corrected chi connectivity index (χ3v) is 3.04. The van der Waals surface area contributed by atoms with Crippen LogP contribution in [0.2, 0.25) is 0 Å². The SMILES string of the molecule is CCc1nnc(NC(=O)c2cn(CC(=O)O)nn2)s1. The lowest BCUT2D eigenvalue weighted by Gasteiger charge is -1.95. The first-order valence-corrected chi connectivity index (χ1v) is 6.15. The van der Waals surface area contributed by atoms with Gasteiger partial charge in [-0.1, -0.05) is 23.5 Å². The summed E-state index contributed by atoms with van der Waals surface area (Å²) < 4.78 is 1.06. The van der Waals surface area contributed by atoms with Crippen LogP contribution in [0.1, 0.15) is 22.4 Å². The van der Waals surface area contributed by atoms with Crippen LogP contribution in [-0.4, -0.2) is 42.2 Å². The number of aryl methyl sites for hydroxylation is 1. The van der Waals surface area contributed by atoms with E-state index in [1.807, 2.05) is 6.92 Å². The van der Waals surface area contributed by atoms with E-state index in [4.69, 9.17) is 5.11 Å². The number of hydrogen-bond donors (Lipinski definition) is 2. The number of carbonyl (C=O) groups excluding carboxylic acids is 1. The molecule has 100 valence electrons. The Kier molecular flexibility index (Phi) is 3.80. The van der Waals surface area contributed by atoms with Gasteiger partial charge in [-0.25, -0.2) is 4.68 Å². The molecule has 0 radical (unpaired) electrons. The van der Waals surface area contributed by atoms with Crippen molar-refractivity contribution in [3.05, 3.63) is 16.9 Å². The standard InChI is InChI=1S/C9H10N6O3S/c1-2-6-12-13-9(19-6)10-8(18)5-3-15(14-11-5)4-7(16)17/h3H,2,4H2,1H3,(H,16,17)(H,10,13,18). The van der Waals surface area contributed by atoms with Gasteiger partial charge in [0.2, 0.25) is 5.13 Å². The van der Waals surface area contributed by atoms with Crippen molar-refractivity contribution >= 4 is 28.3 Å². The number of nitrogens with one attached hydrogen (secondary N) is 1. The Hall–Kier alpha value is -2.36. The number of rotatable bonds is 5. The normalized spacial score (nSPS) is 10.4. The highest BCUT2D eigenvalue weighted by Crippen LogP contribution is 2.15. The molecule has 10 heteroatoms. The summed E-state index contributed by atoms with van der Waals surface area (Å²) in [6, 6.07) is 0. The molecule has 0 aliphatic rings. The molecule has 2 aromatic rings. The second kappa shape index (κ2) is 5.52. The summed E-state index contributed by atoms with van der Waals surface area (Å²) in [6.07, 6.45) is 1.99. The zero-order chi connectivity index (χ0) is 13.8. The first kappa shape index (κ1) is 13.1. The van der Waals surface area contributed by atoms with Crippen LogP contribution < -0.4 is 5.32 Å². The highest BCUT2D eigenvalue weighted by molar-refractivity contribution is 7.15. The Bertz CT molecular complexity index is 607. The van der Waals surface area contributed by atoms with Gasteiger partial charge in [0, 0.05) is 0 Å². The maximum absolute atomic E-state index is 11.8. The first-order valence-electron chi connectivity index (χ1n) is 5.34. The molecular formula is C9H10N6O3S. The van der Waals surface area contributed by atoms with E-state index in [-0.39, 0.29) is 12.2 Å². The second-order valence-electron chi connectivity index (χ2n) is 3.50. The van der Waals surface area contributed by atoms with E-state index in [2.05, 4.69) is 25.8 Å². The molecule has 2 rings (SSSR count). The van der Waals surface area contributed by atoms with Crippen molar-refractivity contribution in [3.8, 4) is 0 Å². The van der Waals surface area contributed by atoms with Crippen molar-refractivity contribution in [2.45, 2.75) is 19.9 Å². The molecule has 0 unspecified atom stereocenters. The van der Waals surface area contributed by atoms with E-state index in [9.17, 15) is 9.59 Å². The topological polar surface area (TPSA) is 123 Å². The second-order valence-corrected chi connectivity index (χ2v) is 4.57. The van der Waals surface area contributed by atoms with Crippen molar-refractivity contribution in [1.82, 2.24) is 25.2 Å². The van der Waals surface area contributed by atoms with E-state index in [1.54, 1.807) is 0 Å². The molecule has 0 aromatic carbocycles. The van der Waals surface area contributed by atoms with Crippen LogP contribution in [0.4, 0.5) is 5.13 Å². The molecule has 0 saturated heterocycles. The van der Waals surface area contributed by atoms with Crippen molar-refractivity contribution in [2.75, 3.05) is 5.32 Å². The number of nitrogens with zero attached hydrogens (tertiary/aromatic N) is 5. The van der Waals surface area contributed by atoms with Gasteiger partial charge in [0.25, 0.3) is 5.91 Å². The third kappa shape index (κ3) is 3.31. The van der Waals surface area contributed by atoms with Gasteiger partial charge in [0.15, 0.2) is 5.69 Å². The summed E-state index contributed by atoms with van der Waals surface area (Å²) in [5.41, 5.74) is 0.0227. The number of carbonyl (C=O) groups is 2. The predicted molar refractivity (Wildman–Crippen MR) is 64.9 cm³/mol. The van der Waals surface area contributed by atoms with Gasteiger partial charge in [0.1, 0.15) is 11.6 Å². The predicted octanol–water partition coefficient (Wildman–Crippen LogP) is 0.0289. The van der Waals surface area contributed by atoms with E-state index < -0.39 is 11.9 Å². The fraction of sp³-hybridized carbons (Fsp3) is 0.333. The minimum atomic E-state index is -1.06. The number of carboxylic acid groups (broad SMARTS) is 1. The zero-order valence-corrected chi connectivity index (χ0v) is 10.7. The molecule has 0 aliphatic carbocycles. The van der Waals surface area contributed by atoms with Crippen LogP contribution >= 0.6 is 11.3 Å². The molecule has 0 saturated carbocycles. The highest BCUT2D eigenvalue weighted by Gasteiger charge is 2.14. The number of aliphatic carboxylic acids is 1. The van der Waals surface area contributed by atoms with Crippen LogP contribution in [0.5, 0.6) is 0 Å². The van der Waals surface area contributed by atoms with Crippen LogP contribution in [-0.2, 0) is 17.8 Å². The molecular weight excluding hydrogens is 272 g/mol. The fourth-order valence-corrected chi connectivity index (χ4v) is 1.90. The molecule has 0 spiro atoms. The first-order chi connectivity index (χ1) is 9.08. The number of carboxylic acids is 1. The number of anilines is 1. The average molecular weight is 282 g/mol. The lowest BCUT2D eigenvalue weighted by Crippen LogP contribution is -2.12. The number of amides is 1. The Balaban J connectivity index is 2.03. The van der Waals surface area contributed by atoms with Gasteiger partial charge < -0.3 is 5.11 Å². The van der Waals surface area contributed by atoms with E-state index in [0.717, 1.165) is 16.1 Å². The molecule has 2 aromatic heterocycles. The van der Waals surface area contributed by atoms with Gasteiger partial charge in [-0.3, -0.25) is 14.9 Å². The summed E-state index contributed by atoms with van der Waals surface area (Å²) in [4.78, 5) is 22.2. The van der Waals surface area contributed by atoms with Gasteiger partial charge in [-0.05, 0) is 6.42 Å². The van der Waals surface area contributed by atoms with Crippen molar-refractivity contribution < 1.29 is 14.7 Å². The minimum Gasteiger partial charge on any atom is -0.480 e. The van der Waals surface area contributed by atoms with E-state index in [1.165, 1.54) is 17.5 Å². The van der Waals surface area contributed by atoms with Crippen LogP contribution in [0.25, 0.3) is 0 Å². The van der Waals surface area contributed by atoms with Crippen molar-refractivity contribution in [1.29, 1.82) is 0 Å². The average Bonchev–Trinajstić information content (AvgIpc) is 2.97. The van der Waals surface area contributed by atoms with Crippen molar-refractivity contribution in [2.24, 2.45) is 0 Å². The molecule has 0 bridgehead atoms. The maximum atomic E-state index is 11.8. The van der Waals surface area contributed by atoms with Gasteiger partial charge in [-0.15, -0.1) is 15.3 Å². The molecule has 2 N–H and O–H groups in total. The van der Waals surface area contributed by atoms with Gasteiger partial charge >= 0.3 is 5.97 Å². The Morgan fingerprint density at radius 3 is 2.84 bits per heavy atom. The molecule has 1 amide bonds. The van der Waals surface area contributed by atoms with E-state index >= 15 is 0 Å². The lowest BCUT2D eigenvalue weighted by atomic mass is 10.4. The quantitative estimate of drug-likeness (QED) is 0.792. The monoisotopic (exact) mass is 282 g/mol. The van der Waals surface area contributed by atoms with E-state index in [0.29, 0.717) is 5.13 Å². The van der Waals surface area contributed by atoms with Crippen LogP contribution in [0.15, 0.2) is 6.20 Å². The number of aromatic nitrogens is 5. The largest absolute Gasteiger partial charge is 0.480 e. The summed E-state index contributed by atoms with van der Waals surface area (Å²) in [5.74, 6) is -1.57. The number of hydrogen-bond acceptors (Lipinski definition) is 7. The minimum absolute atomic E-state index is 0.0227. The summed E-state index contributed by atoms with van der Waals surface area (Å²) in [5, 5.41) is 27.1. The van der Waals surface area contributed by atoms with Crippen molar-refractivity contribution in [3.63, 3.8) is 0 Å². The molecule has 2 heterocycles. The Morgan fingerprint density at radius 1 is 1.42 bits per heavy atom. The summed E-state index contributed by atoms with van der Waals surface area (Å²) in [7, 11) is 0. The summed E-state index contributed by atoms with van der Waals surface area (Å²) in [6.45, 7) is 1.59. The van der Waals surface area contributed by atoms with Gasteiger partial charge in [0.05, 0.1) is 6.20 Å². The zero-order valence-electron chi connectivity index (χ0n) is 9.90. The molecule has 19 heavy (non-hydrogen) atoms. The summed E-state index contributed by atoms with van der Waals surface area (Å²) >= 11 is 1.27. The Morgan fingerprint density at radius 2 is 2.21 bits per heavy atom. The molecule has 9 nitrogen and oxygen atoms in total. The Labute approximate surface area is 111 Å².